The Labute approximate surface area is 91.2 Å². The minimum atomic E-state index is -0.0683. The standard InChI is InChI=1S/C13H18O2/c1-9-10(2)12(14-4)6-5-11(9)13(3)7-8-15-13/h5-6H,7-8H2,1-4H3. The summed E-state index contributed by atoms with van der Waals surface area (Å²) in [6, 6.07) is 4.16. The smallest absolute Gasteiger partial charge is 0.122 e. The van der Waals surface area contributed by atoms with Gasteiger partial charge in [0.2, 0.25) is 0 Å². The van der Waals surface area contributed by atoms with Gasteiger partial charge < -0.3 is 9.47 Å². The molecule has 2 rings (SSSR count). The summed E-state index contributed by atoms with van der Waals surface area (Å²) in [5.41, 5.74) is 3.73. The summed E-state index contributed by atoms with van der Waals surface area (Å²) in [4.78, 5) is 0. The normalized spacial score (nSPS) is 24.8. The van der Waals surface area contributed by atoms with E-state index in [1.165, 1.54) is 16.7 Å². The Bertz CT molecular complexity index is 378. The lowest BCUT2D eigenvalue weighted by molar-refractivity contribution is -0.141. The van der Waals surface area contributed by atoms with Gasteiger partial charge in [-0.25, -0.2) is 0 Å². The molecule has 1 heterocycles. The predicted molar refractivity (Wildman–Crippen MR) is 60.4 cm³/mol. The predicted octanol–water partition coefficient (Wildman–Crippen LogP) is 2.95. The van der Waals surface area contributed by atoms with Crippen LogP contribution in [0.5, 0.6) is 5.75 Å². The number of benzene rings is 1. The molecule has 0 saturated carbocycles. The van der Waals surface area contributed by atoms with Crippen molar-refractivity contribution in [2.45, 2.75) is 32.8 Å². The van der Waals surface area contributed by atoms with Crippen molar-refractivity contribution >= 4 is 0 Å². The molecule has 1 aliphatic heterocycles. The van der Waals surface area contributed by atoms with E-state index in [1.54, 1.807) is 7.11 Å². The van der Waals surface area contributed by atoms with E-state index in [-0.39, 0.29) is 5.60 Å². The van der Waals surface area contributed by atoms with E-state index in [9.17, 15) is 0 Å². The molecule has 0 bridgehead atoms. The van der Waals surface area contributed by atoms with Gasteiger partial charge in [-0.15, -0.1) is 0 Å². The van der Waals surface area contributed by atoms with E-state index >= 15 is 0 Å². The Morgan fingerprint density at radius 2 is 1.93 bits per heavy atom. The Morgan fingerprint density at radius 3 is 2.40 bits per heavy atom. The zero-order chi connectivity index (χ0) is 11.1. The van der Waals surface area contributed by atoms with Crippen molar-refractivity contribution in [2.75, 3.05) is 13.7 Å². The Morgan fingerprint density at radius 1 is 1.27 bits per heavy atom. The van der Waals surface area contributed by atoms with Gasteiger partial charge in [-0.05, 0) is 43.5 Å². The van der Waals surface area contributed by atoms with E-state index in [0.29, 0.717) is 0 Å². The molecule has 0 aliphatic carbocycles. The maximum absolute atomic E-state index is 5.67. The summed E-state index contributed by atoms with van der Waals surface area (Å²) in [6.07, 6.45) is 1.11. The second-order valence-electron chi connectivity index (χ2n) is 4.39. The van der Waals surface area contributed by atoms with Gasteiger partial charge in [0.15, 0.2) is 0 Å². The van der Waals surface area contributed by atoms with Crippen molar-refractivity contribution < 1.29 is 9.47 Å². The molecular weight excluding hydrogens is 188 g/mol. The topological polar surface area (TPSA) is 18.5 Å². The molecule has 82 valence electrons. The fourth-order valence-corrected chi connectivity index (χ4v) is 2.21. The van der Waals surface area contributed by atoms with E-state index in [2.05, 4.69) is 26.8 Å². The Kier molecular flexibility index (Phi) is 2.47. The lowest BCUT2D eigenvalue weighted by atomic mass is 9.84. The average molecular weight is 206 g/mol. The van der Waals surface area contributed by atoms with Crippen molar-refractivity contribution in [3.05, 3.63) is 28.8 Å². The van der Waals surface area contributed by atoms with Crippen molar-refractivity contribution in [3.8, 4) is 5.75 Å². The third kappa shape index (κ3) is 1.53. The minimum Gasteiger partial charge on any atom is -0.496 e. The number of rotatable bonds is 2. The molecule has 1 aliphatic rings. The van der Waals surface area contributed by atoms with Gasteiger partial charge in [0.25, 0.3) is 0 Å². The van der Waals surface area contributed by atoms with Crippen LogP contribution in [0.3, 0.4) is 0 Å². The van der Waals surface area contributed by atoms with Gasteiger partial charge >= 0.3 is 0 Å². The Balaban J connectivity index is 2.46. The first-order chi connectivity index (χ1) is 7.08. The lowest BCUT2D eigenvalue weighted by Crippen LogP contribution is -2.38. The van der Waals surface area contributed by atoms with Crippen LogP contribution in [-0.4, -0.2) is 13.7 Å². The summed E-state index contributed by atoms with van der Waals surface area (Å²) < 4.78 is 11.0. The monoisotopic (exact) mass is 206 g/mol. The van der Waals surface area contributed by atoms with Crippen molar-refractivity contribution in [3.63, 3.8) is 0 Å². The number of hydrogen-bond acceptors (Lipinski definition) is 2. The maximum atomic E-state index is 5.67. The van der Waals surface area contributed by atoms with Crippen LogP contribution in [0.4, 0.5) is 0 Å². The maximum Gasteiger partial charge on any atom is 0.122 e. The summed E-state index contributed by atoms with van der Waals surface area (Å²) in [5, 5.41) is 0. The number of hydrogen-bond donors (Lipinski definition) is 0. The first kappa shape index (κ1) is 10.5. The average Bonchev–Trinajstić information content (AvgIpc) is 2.19. The molecule has 0 spiro atoms. The van der Waals surface area contributed by atoms with E-state index in [1.807, 2.05) is 6.07 Å². The summed E-state index contributed by atoms with van der Waals surface area (Å²) in [6.45, 7) is 7.27. The van der Waals surface area contributed by atoms with Crippen LogP contribution in [0, 0.1) is 13.8 Å². The molecule has 0 aromatic heterocycles. The zero-order valence-corrected chi connectivity index (χ0v) is 9.89. The minimum absolute atomic E-state index is 0.0683. The lowest BCUT2D eigenvalue weighted by Gasteiger charge is -2.40. The highest BCUT2D eigenvalue weighted by atomic mass is 16.5. The van der Waals surface area contributed by atoms with Gasteiger partial charge in [-0.2, -0.15) is 0 Å². The first-order valence-electron chi connectivity index (χ1n) is 5.37. The van der Waals surface area contributed by atoms with E-state index in [4.69, 9.17) is 9.47 Å². The van der Waals surface area contributed by atoms with Gasteiger partial charge in [-0.1, -0.05) is 6.07 Å². The van der Waals surface area contributed by atoms with Crippen LogP contribution >= 0.6 is 0 Å². The van der Waals surface area contributed by atoms with Gasteiger partial charge in [-0.3, -0.25) is 0 Å². The van der Waals surface area contributed by atoms with E-state index in [0.717, 1.165) is 18.8 Å². The zero-order valence-electron chi connectivity index (χ0n) is 9.89. The van der Waals surface area contributed by atoms with Crippen molar-refractivity contribution in [1.82, 2.24) is 0 Å². The van der Waals surface area contributed by atoms with Crippen molar-refractivity contribution in [1.29, 1.82) is 0 Å². The van der Waals surface area contributed by atoms with E-state index < -0.39 is 0 Å². The molecule has 0 N–H and O–H groups in total. The van der Waals surface area contributed by atoms with Crippen molar-refractivity contribution in [2.24, 2.45) is 0 Å². The Hall–Kier alpha value is -1.02. The molecule has 0 amide bonds. The summed E-state index contributed by atoms with van der Waals surface area (Å²) >= 11 is 0. The molecule has 1 aromatic rings. The van der Waals surface area contributed by atoms with Crippen LogP contribution in [0.2, 0.25) is 0 Å². The van der Waals surface area contributed by atoms with Crippen LogP contribution in [0.15, 0.2) is 12.1 Å². The quantitative estimate of drug-likeness (QED) is 0.740. The SMILES string of the molecule is COc1ccc(C2(C)CCO2)c(C)c1C. The second kappa shape index (κ2) is 3.53. The second-order valence-corrected chi connectivity index (χ2v) is 4.39. The van der Waals surface area contributed by atoms with Gasteiger partial charge in [0, 0.05) is 6.42 Å². The molecular formula is C13H18O2. The molecule has 1 unspecified atom stereocenters. The summed E-state index contributed by atoms with van der Waals surface area (Å²) in [5.74, 6) is 0.958. The third-order valence-electron chi connectivity index (χ3n) is 3.53. The molecule has 1 saturated heterocycles. The molecule has 1 atom stereocenters. The fourth-order valence-electron chi connectivity index (χ4n) is 2.21. The molecule has 2 heteroatoms. The van der Waals surface area contributed by atoms with Gasteiger partial charge in [0.1, 0.15) is 5.75 Å². The molecule has 1 fully saturated rings. The molecule has 15 heavy (non-hydrogen) atoms. The largest absolute Gasteiger partial charge is 0.496 e. The third-order valence-corrected chi connectivity index (χ3v) is 3.53. The highest BCUT2D eigenvalue weighted by Crippen LogP contribution is 2.40. The molecule has 1 aromatic carbocycles. The molecule has 0 radical (unpaired) electrons. The first-order valence-corrected chi connectivity index (χ1v) is 5.37. The van der Waals surface area contributed by atoms with Crippen LogP contribution in [0.25, 0.3) is 0 Å². The fraction of sp³-hybridized carbons (Fsp3) is 0.538. The highest BCUT2D eigenvalue weighted by molar-refractivity contribution is 5.46. The van der Waals surface area contributed by atoms with Crippen LogP contribution in [0.1, 0.15) is 30.0 Å². The molecule has 2 nitrogen and oxygen atoms in total. The highest BCUT2D eigenvalue weighted by Gasteiger charge is 2.36. The van der Waals surface area contributed by atoms with Crippen LogP contribution in [-0.2, 0) is 10.3 Å². The van der Waals surface area contributed by atoms with Crippen LogP contribution < -0.4 is 4.74 Å². The number of methoxy groups -OCH3 is 1. The number of ether oxygens (including phenoxy) is 2. The van der Waals surface area contributed by atoms with Gasteiger partial charge in [0.05, 0.1) is 19.3 Å². The summed E-state index contributed by atoms with van der Waals surface area (Å²) in [7, 11) is 1.71.